The van der Waals surface area contributed by atoms with Gasteiger partial charge >= 0.3 is 6.09 Å². The van der Waals surface area contributed by atoms with Gasteiger partial charge in [0.05, 0.1) is 29.1 Å². The summed E-state index contributed by atoms with van der Waals surface area (Å²) < 4.78 is 11.1. The summed E-state index contributed by atoms with van der Waals surface area (Å²) in [4.78, 5) is 23.4. The lowest BCUT2D eigenvalue weighted by Crippen LogP contribution is -2.27. The summed E-state index contributed by atoms with van der Waals surface area (Å²) in [5.74, 6) is 0.815. The number of aromatic nitrogens is 2. The zero-order valence-electron chi connectivity index (χ0n) is 15.4. The average Bonchev–Trinajstić information content (AvgIpc) is 3.27. The first-order valence-electron chi connectivity index (χ1n) is 8.88. The van der Waals surface area contributed by atoms with Crippen molar-refractivity contribution in [2.75, 3.05) is 38.8 Å². The highest BCUT2D eigenvalue weighted by atomic mass is 16.6. The minimum atomic E-state index is -0.346. The Morgan fingerprint density at radius 2 is 2.07 bits per heavy atom. The maximum absolute atomic E-state index is 12.4. The van der Waals surface area contributed by atoms with Crippen LogP contribution < -0.4 is 9.64 Å². The second-order valence-corrected chi connectivity index (χ2v) is 6.79. The lowest BCUT2D eigenvalue weighted by Gasteiger charge is -2.22. The van der Waals surface area contributed by atoms with Crippen LogP contribution in [0.4, 0.5) is 10.5 Å². The molecular formula is C20H22N4O3. The Bertz CT molecular complexity index is 936. The van der Waals surface area contributed by atoms with Gasteiger partial charge < -0.3 is 19.4 Å². The largest absolute Gasteiger partial charge is 0.492 e. The lowest BCUT2D eigenvalue weighted by molar-refractivity contribution is 0.179. The highest BCUT2D eigenvalue weighted by Gasteiger charge is 2.35. The van der Waals surface area contributed by atoms with E-state index in [1.165, 1.54) is 0 Å². The number of hydrogen-bond donors (Lipinski definition) is 1. The number of ether oxygens (including phenoxy) is 2. The molecule has 1 unspecified atom stereocenters. The smallest absolute Gasteiger partial charge is 0.415 e. The Balaban J connectivity index is 1.54. The van der Waals surface area contributed by atoms with E-state index in [1.807, 2.05) is 56.6 Å². The molecule has 1 aromatic heterocycles. The van der Waals surface area contributed by atoms with Crippen molar-refractivity contribution < 1.29 is 14.3 Å². The fourth-order valence-corrected chi connectivity index (χ4v) is 3.15. The van der Waals surface area contributed by atoms with Gasteiger partial charge in [0.25, 0.3) is 0 Å². The molecule has 0 radical (unpaired) electrons. The van der Waals surface area contributed by atoms with E-state index in [-0.39, 0.29) is 12.1 Å². The molecule has 4 rings (SSSR count). The van der Waals surface area contributed by atoms with Crippen molar-refractivity contribution in [3.05, 3.63) is 54.4 Å². The van der Waals surface area contributed by atoms with Crippen molar-refractivity contribution in [2.45, 2.75) is 6.04 Å². The molecular weight excluding hydrogens is 344 g/mol. The third-order valence-corrected chi connectivity index (χ3v) is 4.63. The van der Waals surface area contributed by atoms with Crippen LogP contribution in [0.2, 0.25) is 0 Å². The van der Waals surface area contributed by atoms with Gasteiger partial charge in [-0.15, -0.1) is 0 Å². The molecule has 1 amide bonds. The number of H-pyrrole nitrogens is 1. The van der Waals surface area contributed by atoms with Crippen molar-refractivity contribution in [1.82, 2.24) is 14.9 Å². The summed E-state index contributed by atoms with van der Waals surface area (Å²) >= 11 is 0. The van der Waals surface area contributed by atoms with Gasteiger partial charge in [0, 0.05) is 6.54 Å². The molecule has 27 heavy (non-hydrogen) atoms. The maximum atomic E-state index is 12.4. The standard InChI is InChI=1S/C20H22N4O3/c1-23(2)9-10-26-16-6-3-14(4-7-16)19-12-27-20(25)24(19)15-5-8-17-18(11-15)22-13-21-17/h3-8,11,13,19H,9-10,12H2,1-2H3,(H,21,22). The first-order valence-corrected chi connectivity index (χ1v) is 8.88. The summed E-state index contributed by atoms with van der Waals surface area (Å²) in [5, 5.41) is 0. The number of rotatable bonds is 6. The topological polar surface area (TPSA) is 70.7 Å². The van der Waals surface area contributed by atoms with Gasteiger partial charge in [-0.25, -0.2) is 9.78 Å². The van der Waals surface area contributed by atoms with E-state index in [0.29, 0.717) is 13.2 Å². The molecule has 2 aromatic carbocycles. The van der Waals surface area contributed by atoms with Gasteiger partial charge in [-0.05, 0) is 50.0 Å². The number of anilines is 1. The van der Waals surface area contributed by atoms with E-state index in [9.17, 15) is 4.79 Å². The number of hydrogen-bond acceptors (Lipinski definition) is 5. The van der Waals surface area contributed by atoms with Gasteiger partial charge in [-0.1, -0.05) is 12.1 Å². The average molecular weight is 366 g/mol. The molecule has 0 bridgehead atoms. The van der Waals surface area contributed by atoms with E-state index in [0.717, 1.165) is 34.6 Å². The monoisotopic (exact) mass is 366 g/mol. The van der Waals surface area contributed by atoms with Crippen molar-refractivity contribution >= 4 is 22.8 Å². The van der Waals surface area contributed by atoms with E-state index >= 15 is 0 Å². The Hall–Kier alpha value is -3.06. The molecule has 1 N–H and O–H groups in total. The summed E-state index contributed by atoms with van der Waals surface area (Å²) in [6, 6.07) is 13.4. The molecule has 1 fully saturated rings. The van der Waals surface area contributed by atoms with Gasteiger partial charge in [0.1, 0.15) is 19.0 Å². The predicted molar refractivity (Wildman–Crippen MR) is 103 cm³/mol. The molecule has 1 saturated heterocycles. The van der Waals surface area contributed by atoms with E-state index < -0.39 is 0 Å². The van der Waals surface area contributed by atoms with E-state index in [2.05, 4.69) is 14.9 Å². The highest BCUT2D eigenvalue weighted by Crippen LogP contribution is 2.34. The third kappa shape index (κ3) is 3.59. The molecule has 140 valence electrons. The predicted octanol–water partition coefficient (Wildman–Crippen LogP) is 3.20. The zero-order chi connectivity index (χ0) is 18.8. The number of nitrogens with zero attached hydrogens (tertiary/aromatic N) is 3. The van der Waals surface area contributed by atoms with Gasteiger partial charge in [0.2, 0.25) is 0 Å². The number of benzene rings is 2. The number of imidazole rings is 1. The van der Waals surface area contributed by atoms with Crippen LogP contribution in [0, 0.1) is 0 Å². The molecule has 3 aromatic rings. The molecule has 7 heteroatoms. The van der Waals surface area contributed by atoms with Gasteiger partial charge in [-0.2, -0.15) is 0 Å². The molecule has 7 nitrogen and oxygen atoms in total. The SMILES string of the molecule is CN(C)CCOc1ccc(C2COC(=O)N2c2ccc3[nH]cnc3c2)cc1. The highest BCUT2D eigenvalue weighted by molar-refractivity contribution is 5.93. The van der Waals surface area contributed by atoms with Crippen LogP contribution in [0.5, 0.6) is 5.75 Å². The van der Waals surface area contributed by atoms with E-state index in [1.54, 1.807) is 11.2 Å². The number of amides is 1. The number of carbonyl (C=O) groups is 1. The van der Waals surface area contributed by atoms with Crippen LogP contribution in [-0.2, 0) is 4.74 Å². The number of likely N-dealkylation sites (N-methyl/N-ethyl adjacent to an activating group) is 1. The molecule has 0 spiro atoms. The van der Waals surface area contributed by atoms with Crippen LogP contribution in [-0.4, -0.2) is 54.8 Å². The van der Waals surface area contributed by atoms with Crippen molar-refractivity contribution in [1.29, 1.82) is 0 Å². The summed E-state index contributed by atoms with van der Waals surface area (Å²) in [6.07, 6.45) is 1.30. The van der Waals surface area contributed by atoms with Crippen LogP contribution in [0.3, 0.4) is 0 Å². The van der Waals surface area contributed by atoms with Crippen molar-refractivity contribution in [3.8, 4) is 5.75 Å². The maximum Gasteiger partial charge on any atom is 0.415 e. The van der Waals surface area contributed by atoms with Crippen LogP contribution in [0.1, 0.15) is 11.6 Å². The summed E-state index contributed by atoms with van der Waals surface area (Å²) in [7, 11) is 4.02. The Labute approximate surface area is 157 Å². The Morgan fingerprint density at radius 1 is 1.26 bits per heavy atom. The first-order chi connectivity index (χ1) is 13.1. The molecule has 1 atom stereocenters. The summed E-state index contributed by atoms with van der Waals surface area (Å²) in [5.41, 5.74) is 3.52. The first kappa shape index (κ1) is 17.4. The van der Waals surface area contributed by atoms with E-state index in [4.69, 9.17) is 9.47 Å². The van der Waals surface area contributed by atoms with Crippen molar-refractivity contribution in [3.63, 3.8) is 0 Å². The third-order valence-electron chi connectivity index (χ3n) is 4.63. The summed E-state index contributed by atoms with van der Waals surface area (Å²) in [6.45, 7) is 1.81. The minimum Gasteiger partial charge on any atom is -0.492 e. The number of aromatic amines is 1. The van der Waals surface area contributed by atoms with Gasteiger partial charge in [-0.3, -0.25) is 4.90 Å². The molecule has 1 aliphatic rings. The van der Waals surface area contributed by atoms with Gasteiger partial charge in [0.15, 0.2) is 0 Å². The fourth-order valence-electron chi connectivity index (χ4n) is 3.15. The number of fused-ring (bicyclic) bond motifs is 1. The minimum absolute atomic E-state index is 0.176. The second-order valence-electron chi connectivity index (χ2n) is 6.79. The Morgan fingerprint density at radius 3 is 2.85 bits per heavy atom. The molecule has 2 heterocycles. The van der Waals surface area contributed by atoms with Crippen LogP contribution in [0.25, 0.3) is 11.0 Å². The molecule has 1 aliphatic heterocycles. The molecule has 0 saturated carbocycles. The zero-order valence-corrected chi connectivity index (χ0v) is 15.4. The van der Waals surface area contributed by atoms with Crippen LogP contribution >= 0.6 is 0 Å². The Kier molecular flexibility index (Phi) is 4.68. The normalized spacial score (nSPS) is 16.9. The molecule has 0 aliphatic carbocycles. The van der Waals surface area contributed by atoms with Crippen LogP contribution in [0.15, 0.2) is 48.8 Å². The number of nitrogens with one attached hydrogen (secondary N) is 1. The lowest BCUT2D eigenvalue weighted by atomic mass is 10.1. The van der Waals surface area contributed by atoms with Crippen molar-refractivity contribution in [2.24, 2.45) is 0 Å². The quantitative estimate of drug-likeness (QED) is 0.725. The number of cyclic esters (lactones) is 1. The number of carbonyl (C=O) groups excluding carboxylic acids is 1. The fraction of sp³-hybridized carbons (Fsp3) is 0.300. The second kappa shape index (κ2) is 7.28.